The topological polar surface area (TPSA) is 57.8 Å². The van der Waals surface area contributed by atoms with Gasteiger partial charge in [0.1, 0.15) is 0 Å². The van der Waals surface area contributed by atoms with E-state index in [0.29, 0.717) is 11.6 Å². The van der Waals surface area contributed by atoms with Gasteiger partial charge in [-0.1, -0.05) is 0 Å². The molecule has 4 nitrogen and oxygen atoms in total. The zero-order valence-electron chi connectivity index (χ0n) is 8.16. The highest BCUT2D eigenvalue weighted by molar-refractivity contribution is 5.96. The minimum Gasteiger partial charge on any atom is -0.360 e. The van der Waals surface area contributed by atoms with Crippen LogP contribution in [0.15, 0.2) is 24.5 Å². The predicted molar refractivity (Wildman–Crippen MR) is 56.6 cm³/mol. The van der Waals surface area contributed by atoms with Gasteiger partial charge in [-0.05, 0) is 25.0 Å². The Kier molecular flexibility index (Phi) is 1.74. The van der Waals surface area contributed by atoms with Crippen LogP contribution in [-0.2, 0) is 0 Å². The van der Waals surface area contributed by atoms with Gasteiger partial charge >= 0.3 is 0 Å². The maximum absolute atomic E-state index is 11.7. The van der Waals surface area contributed by atoms with E-state index >= 15 is 0 Å². The molecule has 2 N–H and O–H groups in total. The van der Waals surface area contributed by atoms with Gasteiger partial charge in [0.25, 0.3) is 5.91 Å². The number of nitrogens with one attached hydrogen (secondary N) is 2. The van der Waals surface area contributed by atoms with E-state index in [4.69, 9.17) is 0 Å². The van der Waals surface area contributed by atoms with E-state index in [1.165, 1.54) is 0 Å². The maximum Gasteiger partial charge on any atom is 0.253 e. The first kappa shape index (κ1) is 8.47. The van der Waals surface area contributed by atoms with Crippen LogP contribution in [0.4, 0.5) is 0 Å². The molecule has 0 bridgehead atoms. The summed E-state index contributed by atoms with van der Waals surface area (Å²) in [6.45, 7) is 0. The minimum absolute atomic E-state index is 0.0264. The molecule has 15 heavy (non-hydrogen) atoms. The molecule has 0 saturated heterocycles. The van der Waals surface area contributed by atoms with Crippen LogP contribution in [0.2, 0.25) is 0 Å². The molecule has 1 amide bonds. The Labute approximate surface area is 86.7 Å². The second-order valence-corrected chi connectivity index (χ2v) is 3.88. The van der Waals surface area contributed by atoms with Crippen LogP contribution >= 0.6 is 0 Å². The van der Waals surface area contributed by atoms with Crippen LogP contribution in [-0.4, -0.2) is 21.9 Å². The molecule has 3 rings (SSSR count). The molecule has 2 aromatic heterocycles. The quantitative estimate of drug-likeness (QED) is 0.772. The standard InChI is InChI=1S/C11H11N3O/c15-11(14-8-1-2-8)7-5-10-9(13-6-7)3-4-12-10/h3-6,8,12H,1-2H2,(H,14,15). The lowest BCUT2D eigenvalue weighted by atomic mass is 10.2. The Balaban J connectivity index is 1.91. The summed E-state index contributed by atoms with van der Waals surface area (Å²) in [5.74, 6) is -0.0264. The molecular formula is C11H11N3O. The van der Waals surface area contributed by atoms with E-state index in [1.807, 2.05) is 18.3 Å². The summed E-state index contributed by atoms with van der Waals surface area (Å²) in [5, 5.41) is 2.93. The molecule has 76 valence electrons. The lowest BCUT2D eigenvalue weighted by molar-refractivity contribution is 0.0951. The zero-order valence-corrected chi connectivity index (χ0v) is 8.16. The molecule has 0 aromatic carbocycles. The molecule has 1 aliphatic carbocycles. The van der Waals surface area contributed by atoms with Crippen molar-refractivity contribution in [2.45, 2.75) is 18.9 Å². The smallest absolute Gasteiger partial charge is 0.253 e. The number of carbonyl (C=O) groups is 1. The van der Waals surface area contributed by atoms with Crippen molar-refractivity contribution in [2.75, 3.05) is 0 Å². The molecule has 1 aliphatic rings. The number of aromatic nitrogens is 2. The summed E-state index contributed by atoms with van der Waals surface area (Å²) in [6.07, 6.45) is 5.64. The third-order valence-electron chi connectivity index (χ3n) is 2.57. The molecule has 0 aliphatic heterocycles. The monoisotopic (exact) mass is 201 g/mol. The number of hydrogen-bond acceptors (Lipinski definition) is 2. The minimum atomic E-state index is -0.0264. The molecule has 0 spiro atoms. The van der Waals surface area contributed by atoms with Gasteiger partial charge in [0.2, 0.25) is 0 Å². The Morgan fingerprint density at radius 3 is 3.20 bits per heavy atom. The second-order valence-electron chi connectivity index (χ2n) is 3.88. The third kappa shape index (κ3) is 1.58. The van der Waals surface area contributed by atoms with Crippen LogP contribution in [0.5, 0.6) is 0 Å². The van der Waals surface area contributed by atoms with Gasteiger partial charge in [0.15, 0.2) is 0 Å². The van der Waals surface area contributed by atoms with Crippen molar-refractivity contribution in [3.63, 3.8) is 0 Å². The van der Waals surface area contributed by atoms with Gasteiger partial charge in [0, 0.05) is 18.4 Å². The van der Waals surface area contributed by atoms with E-state index in [-0.39, 0.29) is 5.91 Å². The fourth-order valence-corrected chi connectivity index (χ4v) is 1.55. The van der Waals surface area contributed by atoms with E-state index < -0.39 is 0 Å². The van der Waals surface area contributed by atoms with Crippen LogP contribution in [0.3, 0.4) is 0 Å². The molecule has 2 heterocycles. The third-order valence-corrected chi connectivity index (χ3v) is 2.57. The van der Waals surface area contributed by atoms with Crippen LogP contribution < -0.4 is 5.32 Å². The first-order valence-electron chi connectivity index (χ1n) is 5.07. The van der Waals surface area contributed by atoms with E-state index in [0.717, 1.165) is 23.9 Å². The summed E-state index contributed by atoms with van der Waals surface area (Å²) in [4.78, 5) is 18.9. The van der Waals surface area contributed by atoms with Crippen LogP contribution in [0.1, 0.15) is 23.2 Å². The average molecular weight is 201 g/mol. The van der Waals surface area contributed by atoms with Crippen LogP contribution in [0.25, 0.3) is 11.0 Å². The Morgan fingerprint density at radius 2 is 2.40 bits per heavy atom. The second kappa shape index (κ2) is 3.08. The summed E-state index contributed by atoms with van der Waals surface area (Å²) in [5.41, 5.74) is 2.41. The number of aromatic amines is 1. The maximum atomic E-state index is 11.7. The summed E-state index contributed by atoms with van der Waals surface area (Å²) < 4.78 is 0. The first-order chi connectivity index (χ1) is 7.33. The van der Waals surface area contributed by atoms with Crippen LogP contribution in [0, 0.1) is 0 Å². The number of amides is 1. The van der Waals surface area contributed by atoms with Crippen molar-refractivity contribution in [2.24, 2.45) is 0 Å². The van der Waals surface area contributed by atoms with Crippen molar-refractivity contribution < 1.29 is 4.79 Å². The number of fused-ring (bicyclic) bond motifs is 1. The number of carbonyl (C=O) groups excluding carboxylic acids is 1. The largest absolute Gasteiger partial charge is 0.360 e. The lowest BCUT2D eigenvalue weighted by Crippen LogP contribution is -2.25. The summed E-state index contributed by atoms with van der Waals surface area (Å²) in [6, 6.07) is 4.11. The van der Waals surface area contributed by atoms with Gasteiger partial charge in [-0.15, -0.1) is 0 Å². The molecular weight excluding hydrogens is 190 g/mol. The molecule has 1 fully saturated rings. The first-order valence-corrected chi connectivity index (χ1v) is 5.07. The molecule has 0 atom stereocenters. The van der Waals surface area contributed by atoms with Crippen molar-refractivity contribution in [3.05, 3.63) is 30.1 Å². The normalized spacial score (nSPS) is 15.5. The van der Waals surface area contributed by atoms with E-state index in [9.17, 15) is 4.79 Å². The molecule has 2 aromatic rings. The lowest BCUT2D eigenvalue weighted by Gasteiger charge is -2.02. The highest BCUT2D eigenvalue weighted by Crippen LogP contribution is 2.19. The number of H-pyrrole nitrogens is 1. The SMILES string of the molecule is O=C(NC1CC1)c1cnc2cc[nH]c2c1. The predicted octanol–water partition coefficient (Wildman–Crippen LogP) is 1.46. The van der Waals surface area contributed by atoms with Crippen molar-refractivity contribution >= 4 is 16.9 Å². The Bertz CT molecular complexity index is 513. The highest BCUT2D eigenvalue weighted by atomic mass is 16.1. The number of rotatable bonds is 2. The summed E-state index contributed by atoms with van der Waals surface area (Å²) >= 11 is 0. The number of nitrogens with zero attached hydrogens (tertiary/aromatic N) is 1. The van der Waals surface area contributed by atoms with Gasteiger partial charge in [-0.2, -0.15) is 0 Å². The van der Waals surface area contributed by atoms with Crippen molar-refractivity contribution in [1.82, 2.24) is 15.3 Å². The average Bonchev–Trinajstić information content (AvgIpc) is 2.94. The Morgan fingerprint density at radius 1 is 1.53 bits per heavy atom. The molecule has 1 saturated carbocycles. The van der Waals surface area contributed by atoms with E-state index in [2.05, 4.69) is 15.3 Å². The molecule has 4 heteroatoms. The van der Waals surface area contributed by atoms with Gasteiger partial charge in [-0.3, -0.25) is 9.78 Å². The van der Waals surface area contributed by atoms with Crippen molar-refractivity contribution in [3.8, 4) is 0 Å². The number of pyridine rings is 1. The zero-order chi connectivity index (χ0) is 10.3. The summed E-state index contributed by atoms with van der Waals surface area (Å²) in [7, 11) is 0. The fraction of sp³-hybridized carbons (Fsp3) is 0.273. The van der Waals surface area contributed by atoms with Crippen molar-refractivity contribution in [1.29, 1.82) is 0 Å². The number of hydrogen-bond donors (Lipinski definition) is 2. The van der Waals surface area contributed by atoms with Gasteiger partial charge < -0.3 is 10.3 Å². The molecule has 0 unspecified atom stereocenters. The van der Waals surface area contributed by atoms with E-state index in [1.54, 1.807) is 6.20 Å². The molecule has 0 radical (unpaired) electrons. The Hall–Kier alpha value is -1.84. The van der Waals surface area contributed by atoms with Gasteiger partial charge in [0.05, 0.1) is 16.6 Å². The highest BCUT2D eigenvalue weighted by Gasteiger charge is 2.23. The van der Waals surface area contributed by atoms with Gasteiger partial charge in [-0.25, -0.2) is 0 Å². The fourth-order valence-electron chi connectivity index (χ4n) is 1.55.